The minimum absolute atomic E-state index is 0.758. The van der Waals surface area contributed by atoms with Gasteiger partial charge in [0, 0.05) is 19.7 Å². The Hall–Kier alpha value is -1.23. The van der Waals surface area contributed by atoms with Crippen LogP contribution in [0.2, 0.25) is 0 Å². The van der Waals surface area contributed by atoms with E-state index in [1.54, 1.807) is 12.4 Å². The van der Waals surface area contributed by atoms with Crippen LogP contribution in [0.15, 0.2) is 23.2 Å². The highest BCUT2D eigenvalue weighted by atomic mass is 79.9. The van der Waals surface area contributed by atoms with Crippen LogP contribution in [0.3, 0.4) is 0 Å². The maximum Gasteiger partial charge on any atom is 0.124 e. The summed E-state index contributed by atoms with van der Waals surface area (Å²) in [6.07, 6.45) is 6.27. The number of hydrogen-bond donors (Lipinski definition) is 0. The molecule has 0 amide bonds. The number of aromatic nitrogens is 4. The van der Waals surface area contributed by atoms with Gasteiger partial charge in [-0.15, -0.1) is 0 Å². The normalized spacial score (nSPS) is 10.6. The van der Waals surface area contributed by atoms with Crippen LogP contribution in [0.25, 0.3) is 0 Å². The first kappa shape index (κ1) is 10.3. The van der Waals surface area contributed by atoms with Crippen LogP contribution >= 0.6 is 15.9 Å². The van der Waals surface area contributed by atoms with Gasteiger partial charge in [-0.1, -0.05) is 0 Å². The van der Waals surface area contributed by atoms with Crippen LogP contribution in [0.4, 0.5) is 0 Å². The van der Waals surface area contributed by atoms with Gasteiger partial charge in [0.2, 0.25) is 0 Å². The lowest BCUT2D eigenvalue weighted by Crippen LogP contribution is -1.93. The Balaban J connectivity index is 2.21. The average Bonchev–Trinajstić information content (AvgIpc) is 2.49. The molecule has 2 rings (SSSR count). The largest absolute Gasteiger partial charge is 0.275 e. The molecule has 0 aliphatic heterocycles. The Kier molecular flexibility index (Phi) is 2.81. The van der Waals surface area contributed by atoms with E-state index in [9.17, 15) is 0 Å². The van der Waals surface area contributed by atoms with Crippen molar-refractivity contribution in [1.29, 1.82) is 0 Å². The summed E-state index contributed by atoms with van der Waals surface area (Å²) in [5.74, 6) is 0. The van der Waals surface area contributed by atoms with E-state index in [1.807, 2.05) is 24.9 Å². The summed E-state index contributed by atoms with van der Waals surface area (Å²) < 4.78 is 2.57. The van der Waals surface area contributed by atoms with Crippen LogP contribution in [0, 0.1) is 6.92 Å². The van der Waals surface area contributed by atoms with Crippen molar-refractivity contribution in [3.8, 4) is 0 Å². The predicted octanol–water partition coefficient (Wildman–Crippen LogP) is 1.87. The van der Waals surface area contributed by atoms with Crippen molar-refractivity contribution in [2.45, 2.75) is 13.3 Å². The third-order valence-electron chi connectivity index (χ3n) is 2.16. The van der Waals surface area contributed by atoms with E-state index in [0.717, 1.165) is 22.4 Å². The van der Waals surface area contributed by atoms with Gasteiger partial charge in [-0.05, 0) is 28.4 Å². The van der Waals surface area contributed by atoms with Gasteiger partial charge in [-0.25, -0.2) is 4.98 Å². The summed E-state index contributed by atoms with van der Waals surface area (Å²) >= 11 is 3.26. The molecule has 78 valence electrons. The molecule has 0 saturated heterocycles. The molecule has 4 nitrogen and oxygen atoms in total. The first-order valence-electron chi connectivity index (χ1n) is 4.60. The van der Waals surface area contributed by atoms with Crippen molar-refractivity contribution < 1.29 is 0 Å². The highest BCUT2D eigenvalue weighted by molar-refractivity contribution is 9.10. The standard InChI is InChI=1S/C10H11BrN4/c1-7-8(6-15(2)14-7)3-9-4-13-10(11)5-12-9/h4-6H,3H2,1-2H3. The van der Waals surface area contributed by atoms with Gasteiger partial charge in [0.25, 0.3) is 0 Å². The van der Waals surface area contributed by atoms with Gasteiger partial charge < -0.3 is 0 Å². The number of aryl methyl sites for hydroxylation is 2. The van der Waals surface area contributed by atoms with Crippen molar-refractivity contribution >= 4 is 15.9 Å². The number of nitrogens with zero attached hydrogens (tertiary/aromatic N) is 4. The average molecular weight is 267 g/mol. The molecule has 0 aliphatic rings. The van der Waals surface area contributed by atoms with Crippen LogP contribution in [-0.4, -0.2) is 19.7 Å². The van der Waals surface area contributed by atoms with Crippen molar-refractivity contribution in [2.75, 3.05) is 0 Å². The monoisotopic (exact) mass is 266 g/mol. The number of hydrogen-bond acceptors (Lipinski definition) is 3. The van der Waals surface area contributed by atoms with Crippen LogP contribution in [0.5, 0.6) is 0 Å². The smallest absolute Gasteiger partial charge is 0.124 e. The minimum atomic E-state index is 0.758. The molecule has 15 heavy (non-hydrogen) atoms. The lowest BCUT2D eigenvalue weighted by molar-refractivity contribution is 0.756. The van der Waals surface area contributed by atoms with E-state index in [2.05, 4.69) is 31.0 Å². The summed E-state index contributed by atoms with van der Waals surface area (Å²) in [5, 5.41) is 4.28. The van der Waals surface area contributed by atoms with E-state index >= 15 is 0 Å². The molecule has 2 aromatic heterocycles. The van der Waals surface area contributed by atoms with E-state index in [4.69, 9.17) is 0 Å². The second-order valence-electron chi connectivity index (χ2n) is 3.42. The predicted molar refractivity (Wildman–Crippen MR) is 60.5 cm³/mol. The third kappa shape index (κ3) is 2.41. The zero-order chi connectivity index (χ0) is 10.8. The molecule has 0 bridgehead atoms. The zero-order valence-corrected chi connectivity index (χ0v) is 10.2. The molecule has 0 unspecified atom stereocenters. The molecule has 0 spiro atoms. The van der Waals surface area contributed by atoms with E-state index in [1.165, 1.54) is 5.56 Å². The van der Waals surface area contributed by atoms with Gasteiger partial charge in [-0.2, -0.15) is 5.10 Å². The summed E-state index contributed by atoms with van der Waals surface area (Å²) in [6, 6.07) is 0. The van der Waals surface area contributed by atoms with Gasteiger partial charge in [0.05, 0.1) is 23.8 Å². The molecule has 0 atom stereocenters. The first-order chi connectivity index (χ1) is 7.15. The third-order valence-corrected chi connectivity index (χ3v) is 2.57. The number of rotatable bonds is 2. The highest BCUT2D eigenvalue weighted by Crippen LogP contribution is 2.11. The molecular weight excluding hydrogens is 256 g/mol. The summed E-state index contributed by atoms with van der Waals surface area (Å²) in [4.78, 5) is 8.42. The first-order valence-corrected chi connectivity index (χ1v) is 5.40. The van der Waals surface area contributed by atoms with Gasteiger partial charge >= 0.3 is 0 Å². The van der Waals surface area contributed by atoms with E-state index in [-0.39, 0.29) is 0 Å². The summed E-state index contributed by atoms with van der Waals surface area (Å²) in [7, 11) is 1.92. The van der Waals surface area contributed by atoms with Crippen LogP contribution in [0.1, 0.15) is 17.0 Å². The Morgan fingerprint density at radius 1 is 1.33 bits per heavy atom. The molecule has 5 heteroatoms. The molecule has 0 fully saturated rings. The highest BCUT2D eigenvalue weighted by Gasteiger charge is 2.05. The zero-order valence-electron chi connectivity index (χ0n) is 8.61. The Bertz CT molecular complexity index is 461. The topological polar surface area (TPSA) is 43.6 Å². The SMILES string of the molecule is Cc1nn(C)cc1Cc1cnc(Br)cn1. The minimum Gasteiger partial charge on any atom is -0.275 e. The van der Waals surface area contributed by atoms with Crippen molar-refractivity contribution in [3.05, 3.63) is 40.1 Å². The van der Waals surface area contributed by atoms with Crippen LogP contribution < -0.4 is 0 Å². The molecule has 0 N–H and O–H groups in total. The lowest BCUT2D eigenvalue weighted by Gasteiger charge is -1.98. The fraction of sp³-hybridized carbons (Fsp3) is 0.300. The summed E-state index contributed by atoms with van der Waals surface area (Å²) in [6.45, 7) is 2.00. The summed E-state index contributed by atoms with van der Waals surface area (Å²) in [5.41, 5.74) is 3.19. The van der Waals surface area contributed by atoms with Gasteiger partial charge in [-0.3, -0.25) is 9.67 Å². The second-order valence-corrected chi connectivity index (χ2v) is 4.23. The molecule has 2 heterocycles. The Morgan fingerprint density at radius 3 is 2.67 bits per heavy atom. The molecule has 2 aromatic rings. The van der Waals surface area contributed by atoms with Crippen molar-refractivity contribution in [3.63, 3.8) is 0 Å². The van der Waals surface area contributed by atoms with Gasteiger partial charge in [0.1, 0.15) is 4.60 Å². The second kappa shape index (κ2) is 4.10. The molecule has 0 radical (unpaired) electrons. The molecular formula is C10H11BrN4. The molecule has 0 aliphatic carbocycles. The quantitative estimate of drug-likeness (QED) is 0.834. The molecule has 0 saturated carbocycles. The maximum atomic E-state index is 4.28. The van der Waals surface area contributed by atoms with Crippen molar-refractivity contribution in [1.82, 2.24) is 19.7 Å². The number of halogens is 1. The van der Waals surface area contributed by atoms with E-state index in [0.29, 0.717) is 0 Å². The molecule has 0 aromatic carbocycles. The Labute approximate surface area is 96.5 Å². The van der Waals surface area contributed by atoms with Crippen LogP contribution in [-0.2, 0) is 13.5 Å². The van der Waals surface area contributed by atoms with E-state index < -0.39 is 0 Å². The van der Waals surface area contributed by atoms with Crippen molar-refractivity contribution in [2.24, 2.45) is 7.05 Å². The fourth-order valence-electron chi connectivity index (χ4n) is 1.45. The lowest BCUT2D eigenvalue weighted by atomic mass is 10.1. The maximum absolute atomic E-state index is 4.28. The van der Waals surface area contributed by atoms with Gasteiger partial charge in [0.15, 0.2) is 0 Å². The fourth-order valence-corrected chi connectivity index (χ4v) is 1.65. The Morgan fingerprint density at radius 2 is 2.13 bits per heavy atom.